The fourth-order valence-corrected chi connectivity index (χ4v) is 2.91. The summed E-state index contributed by atoms with van der Waals surface area (Å²) in [5.41, 5.74) is 2.17. The molecule has 2 aromatic rings. The van der Waals surface area contributed by atoms with Gasteiger partial charge in [0.2, 0.25) is 0 Å². The highest BCUT2D eigenvalue weighted by atomic mass is 16.3. The van der Waals surface area contributed by atoms with E-state index in [9.17, 15) is 9.90 Å². The molecule has 1 atom stereocenters. The normalized spacial score (nSPS) is 17.7. The summed E-state index contributed by atoms with van der Waals surface area (Å²) in [4.78, 5) is 18.3. The molecule has 1 fully saturated rings. The minimum absolute atomic E-state index is 0.108. The molecule has 118 valence electrons. The molecular formula is C16H21N3O3. The highest BCUT2D eigenvalue weighted by Crippen LogP contribution is 2.23. The minimum Gasteiger partial charge on any atom is -0.441 e. The predicted octanol–water partition coefficient (Wildman–Crippen LogP) is 2.76. The number of piperidine rings is 1. The van der Waals surface area contributed by atoms with Crippen LogP contribution in [0.1, 0.15) is 25.7 Å². The van der Waals surface area contributed by atoms with Crippen LogP contribution in [0.25, 0.3) is 11.1 Å². The zero-order chi connectivity index (χ0) is 15.7. The smallest absolute Gasteiger partial charge is 0.321 e. The first-order valence-corrected chi connectivity index (χ1v) is 7.64. The number of aromatic nitrogens is 1. The molecule has 1 aliphatic rings. The fourth-order valence-electron chi connectivity index (χ4n) is 2.91. The van der Waals surface area contributed by atoms with Crippen molar-refractivity contribution in [2.24, 2.45) is 5.92 Å². The van der Waals surface area contributed by atoms with Crippen LogP contribution in [0.4, 0.5) is 10.5 Å². The van der Waals surface area contributed by atoms with Crippen molar-refractivity contribution in [2.75, 3.05) is 18.4 Å². The van der Waals surface area contributed by atoms with Gasteiger partial charge in [0.1, 0.15) is 5.52 Å². The summed E-state index contributed by atoms with van der Waals surface area (Å²) in [7, 11) is 0. The van der Waals surface area contributed by atoms with Crippen molar-refractivity contribution in [3.63, 3.8) is 0 Å². The number of nitrogens with one attached hydrogen (secondary N) is 1. The third-order valence-electron chi connectivity index (χ3n) is 4.25. The largest absolute Gasteiger partial charge is 0.441 e. The molecule has 0 radical (unpaired) electrons. The predicted molar refractivity (Wildman–Crippen MR) is 83.7 cm³/mol. The molecule has 6 nitrogen and oxygen atoms in total. The number of aryl methyl sites for hydroxylation is 1. The Morgan fingerprint density at radius 1 is 1.45 bits per heavy atom. The number of likely N-dealkylation sites (tertiary alicyclic amines) is 1. The van der Waals surface area contributed by atoms with Gasteiger partial charge in [0.15, 0.2) is 11.5 Å². The number of anilines is 1. The van der Waals surface area contributed by atoms with Crippen LogP contribution in [0.15, 0.2) is 22.6 Å². The zero-order valence-electron chi connectivity index (χ0n) is 12.9. The van der Waals surface area contributed by atoms with Crippen LogP contribution in [-0.2, 0) is 0 Å². The Bertz CT molecular complexity index is 672. The van der Waals surface area contributed by atoms with Crippen molar-refractivity contribution in [3.05, 3.63) is 24.1 Å². The highest BCUT2D eigenvalue weighted by molar-refractivity contribution is 5.91. The average Bonchev–Trinajstić information content (AvgIpc) is 2.86. The Labute approximate surface area is 129 Å². The number of nitrogens with zero attached hydrogens (tertiary/aromatic N) is 2. The van der Waals surface area contributed by atoms with Gasteiger partial charge in [0.05, 0.1) is 6.10 Å². The number of hydrogen-bond donors (Lipinski definition) is 2. The number of urea groups is 1. The van der Waals surface area contributed by atoms with Crippen LogP contribution in [0.5, 0.6) is 0 Å². The van der Waals surface area contributed by atoms with E-state index in [0.717, 1.165) is 18.4 Å². The van der Waals surface area contributed by atoms with Crippen LogP contribution < -0.4 is 5.32 Å². The quantitative estimate of drug-likeness (QED) is 0.894. The molecule has 0 bridgehead atoms. The van der Waals surface area contributed by atoms with Crippen molar-refractivity contribution >= 4 is 22.8 Å². The molecule has 0 spiro atoms. The van der Waals surface area contributed by atoms with Gasteiger partial charge in [-0.25, -0.2) is 9.78 Å². The molecule has 1 aromatic heterocycles. The van der Waals surface area contributed by atoms with Crippen LogP contribution in [0.3, 0.4) is 0 Å². The fraction of sp³-hybridized carbons (Fsp3) is 0.500. The van der Waals surface area contributed by atoms with Gasteiger partial charge < -0.3 is 19.7 Å². The topological polar surface area (TPSA) is 78.6 Å². The third-order valence-corrected chi connectivity index (χ3v) is 4.25. The van der Waals surface area contributed by atoms with Crippen molar-refractivity contribution in [1.82, 2.24) is 9.88 Å². The van der Waals surface area contributed by atoms with E-state index in [2.05, 4.69) is 10.3 Å². The number of aliphatic hydroxyl groups excluding tert-OH is 1. The standard InChI is InChI=1S/C16H21N3O3/c1-10(20)12-5-7-19(8-6-12)16(21)18-13-3-4-15-14(9-13)17-11(2)22-15/h3-4,9-10,12,20H,5-8H2,1-2H3,(H,18,21). The van der Waals surface area contributed by atoms with E-state index in [1.165, 1.54) is 0 Å². The van der Waals surface area contributed by atoms with Crippen LogP contribution in [0, 0.1) is 12.8 Å². The summed E-state index contributed by atoms with van der Waals surface area (Å²) < 4.78 is 5.42. The molecule has 2 amide bonds. The number of carbonyl (C=O) groups is 1. The second-order valence-electron chi connectivity index (χ2n) is 5.91. The molecular weight excluding hydrogens is 282 g/mol. The first-order valence-electron chi connectivity index (χ1n) is 7.64. The van der Waals surface area contributed by atoms with E-state index in [4.69, 9.17) is 4.42 Å². The lowest BCUT2D eigenvalue weighted by Gasteiger charge is -2.33. The van der Waals surface area contributed by atoms with Crippen molar-refractivity contribution in [3.8, 4) is 0 Å². The first-order chi connectivity index (χ1) is 10.5. The van der Waals surface area contributed by atoms with Crippen molar-refractivity contribution < 1.29 is 14.3 Å². The second-order valence-corrected chi connectivity index (χ2v) is 5.91. The average molecular weight is 303 g/mol. The molecule has 3 rings (SSSR count). The van der Waals surface area contributed by atoms with Gasteiger partial charge >= 0.3 is 6.03 Å². The molecule has 6 heteroatoms. The number of rotatable bonds is 2. The summed E-state index contributed by atoms with van der Waals surface area (Å²) in [6.07, 6.45) is 1.38. The summed E-state index contributed by atoms with van der Waals surface area (Å²) in [5, 5.41) is 12.5. The maximum atomic E-state index is 12.3. The molecule has 0 aliphatic carbocycles. The number of fused-ring (bicyclic) bond motifs is 1. The molecule has 1 saturated heterocycles. The lowest BCUT2D eigenvalue weighted by Crippen LogP contribution is -2.42. The minimum atomic E-state index is -0.303. The first kappa shape index (κ1) is 14.8. The Hall–Kier alpha value is -2.08. The van der Waals surface area contributed by atoms with Crippen molar-refractivity contribution in [2.45, 2.75) is 32.8 Å². The van der Waals surface area contributed by atoms with Gasteiger partial charge in [0, 0.05) is 25.7 Å². The number of aliphatic hydroxyl groups is 1. The Balaban J connectivity index is 1.63. The summed E-state index contributed by atoms with van der Waals surface area (Å²) in [6.45, 7) is 4.96. The van der Waals surface area contributed by atoms with Gasteiger partial charge in [-0.15, -0.1) is 0 Å². The summed E-state index contributed by atoms with van der Waals surface area (Å²) in [5.74, 6) is 0.900. The second kappa shape index (κ2) is 5.96. The van der Waals surface area contributed by atoms with Crippen LogP contribution >= 0.6 is 0 Å². The Morgan fingerprint density at radius 2 is 2.18 bits per heavy atom. The Kier molecular flexibility index (Phi) is 4.02. The van der Waals surface area contributed by atoms with E-state index in [0.29, 0.717) is 36.2 Å². The number of oxazole rings is 1. The zero-order valence-corrected chi connectivity index (χ0v) is 12.9. The SMILES string of the molecule is Cc1nc2cc(NC(=O)N3CCC(C(C)O)CC3)ccc2o1. The van der Waals surface area contributed by atoms with Crippen LogP contribution in [-0.4, -0.2) is 40.2 Å². The Morgan fingerprint density at radius 3 is 2.86 bits per heavy atom. The summed E-state index contributed by atoms with van der Waals surface area (Å²) in [6, 6.07) is 5.33. The van der Waals surface area contributed by atoms with E-state index in [1.54, 1.807) is 11.8 Å². The molecule has 1 unspecified atom stereocenters. The van der Waals surface area contributed by atoms with E-state index < -0.39 is 0 Å². The molecule has 22 heavy (non-hydrogen) atoms. The monoisotopic (exact) mass is 303 g/mol. The van der Waals surface area contributed by atoms with Gasteiger partial charge in [-0.05, 0) is 43.9 Å². The maximum Gasteiger partial charge on any atom is 0.321 e. The summed E-state index contributed by atoms with van der Waals surface area (Å²) >= 11 is 0. The van der Waals surface area contributed by atoms with E-state index in [1.807, 2.05) is 25.1 Å². The number of benzene rings is 1. The number of amides is 2. The molecule has 2 N–H and O–H groups in total. The van der Waals surface area contributed by atoms with Gasteiger partial charge in [-0.2, -0.15) is 0 Å². The van der Waals surface area contributed by atoms with E-state index >= 15 is 0 Å². The van der Waals surface area contributed by atoms with E-state index in [-0.39, 0.29) is 12.1 Å². The van der Waals surface area contributed by atoms with Crippen LogP contribution in [0.2, 0.25) is 0 Å². The van der Waals surface area contributed by atoms with Crippen molar-refractivity contribution in [1.29, 1.82) is 0 Å². The third kappa shape index (κ3) is 3.06. The van der Waals surface area contributed by atoms with Gasteiger partial charge in [0.25, 0.3) is 0 Å². The highest BCUT2D eigenvalue weighted by Gasteiger charge is 2.25. The molecule has 1 aliphatic heterocycles. The molecule has 2 heterocycles. The van der Waals surface area contributed by atoms with Gasteiger partial charge in [-0.1, -0.05) is 0 Å². The van der Waals surface area contributed by atoms with Gasteiger partial charge in [-0.3, -0.25) is 0 Å². The number of hydrogen-bond acceptors (Lipinski definition) is 4. The lowest BCUT2D eigenvalue weighted by atomic mass is 9.92. The maximum absolute atomic E-state index is 12.3. The molecule has 0 saturated carbocycles. The molecule has 1 aromatic carbocycles. The lowest BCUT2D eigenvalue weighted by molar-refractivity contribution is 0.0820. The number of carbonyl (C=O) groups excluding carboxylic acids is 1.